The smallest absolute Gasteiger partial charge is 0.253 e. The zero-order valence-corrected chi connectivity index (χ0v) is 12.6. The second-order valence-corrected chi connectivity index (χ2v) is 7.74. The van der Waals surface area contributed by atoms with Crippen LogP contribution < -0.4 is 5.32 Å². The molecule has 1 amide bonds. The molecule has 1 atom stereocenters. The van der Waals surface area contributed by atoms with E-state index in [0.29, 0.717) is 12.8 Å². The average molecular weight is 336 g/mol. The molecule has 1 aromatic carbocycles. The van der Waals surface area contributed by atoms with E-state index in [9.17, 15) is 22.7 Å². The second-order valence-electron chi connectivity index (χ2n) is 5.00. The monoisotopic (exact) mass is 335 g/mol. The van der Waals surface area contributed by atoms with Gasteiger partial charge in [-0.2, -0.15) is 0 Å². The molecule has 1 fully saturated rings. The maximum Gasteiger partial charge on any atom is 0.253 e. The third-order valence-electron chi connectivity index (χ3n) is 3.41. The number of aliphatic hydroxyl groups excluding tert-OH is 1. The molecule has 0 aliphatic carbocycles. The third-order valence-corrected chi connectivity index (χ3v) is 5.36. The minimum absolute atomic E-state index is 0.00332. The molecule has 0 spiro atoms. The van der Waals surface area contributed by atoms with Crippen molar-refractivity contribution in [3.05, 3.63) is 34.6 Å². The first kappa shape index (κ1) is 16.2. The number of sulfone groups is 1. The Balaban J connectivity index is 2.00. The molecule has 2 rings (SSSR count). The lowest BCUT2D eigenvalue weighted by Crippen LogP contribution is -2.43. The second kappa shape index (κ2) is 6.29. The molecule has 1 unspecified atom stereocenters. The Morgan fingerprint density at radius 1 is 1.38 bits per heavy atom. The lowest BCUT2D eigenvalue weighted by Gasteiger charge is -2.24. The van der Waals surface area contributed by atoms with Gasteiger partial charge in [0.2, 0.25) is 0 Å². The topological polar surface area (TPSA) is 83.5 Å². The van der Waals surface area contributed by atoms with Crippen molar-refractivity contribution in [1.82, 2.24) is 5.32 Å². The Bertz CT molecular complexity index is 636. The molecule has 5 nitrogen and oxygen atoms in total. The van der Waals surface area contributed by atoms with E-state index >= 15 is 0 Å². The maximum atomic E-state index is 13.6. The van der Waals surface area contributed by atoms with Crippen LogP contribution in [0.4, 0.5) is 4.39 Å². The van der Waals surface area contributed by atoms with E-state index in [1.807, 2.05) is 0 Å². The van der Waals surface area contributed by atoms with Crippen LogP contribution in [0.3, 0.4) is 0 Å². The average Bonchev–Trinajstić information content (AvgIpc) is 2.40. The first-order valence-corrected chi connectivity index (χ1v) is 8.62. The number of halogens is 2. The van der Waals surface area contributed by atoms with Gasteiger partial charge in [-0.25, -0.2) is 12.8 Å². The number of carbonyl (C=O) groups excluding carboxylic acids is 1. The van der Waals surface area contributed by atoms with Crippen LogP contribution in [0.1, 0.15) is 24.5 Å². The van der Waals surface area contributed by atoms with Crippen LogP contribution in [0, 0.1) is 5.82 Å². The number of nitrogens with one attached hydrogen (secondary N) is 1. The van der Waals surface area contributed by atoms with Gasteiger partial charge in [0.15, 0.2) is 6.10 Å². The molecule has 0 bridgehead atoms. The van der Waals surface area contributed by atoms with Crippen LogP contribution in [-0.4, -0.2) is 37.0 Å². The van der Waals surface area contributed by atoms with Gasteiger partial charge in [-0.15, -0.1) is 0 Å². The molecule has 1 heterocycles. The number of amides is 1. The van der Waals surface area contributed by atoms with Crippen molar-refractivity contribution in [1.29, 1.82) is 0 Å². The predicted octanol–water partition coefficient (Wildman–Crippen LogP) is 1.21. The van der Waals surface area contributed by atoms with Crippen LogP contribution in [-0.2, 0) is 14.6 Å². The van der Waals surface area contributed by atoms with Gasteiger partial charge < -0.3 is 10.4 Å². The summed E-state index contributed by atoms with van der Waals surface area (Å²) in [6, 6.07) is 3.31. The van der Waals surface area contributed by atoms with Crippen LogP contribution in [0.2, 0.25) is 5.02 Å². The number of rotatable bonds is 3. The van der Waals surface area contributed by atoms with E-state index in [4.69, 9.17) is 11.6 Å². The fraction of sp³-hybridized carbons (Fsp3) is 0.462. The largest absolute Gasteiger partial charge is 0.378 e. The number of hydrogen-bond acceptors (Lipinski definition) is 4. The zero-order chi connectivity index (χ0) is 15.6. The fourth-order valence-electron chi connectivity index (χ4n) is 2.18. The molecule has 0 radical (unpaired) electrons. The molecular formula is C13H15ClFNO4S. The Labute approximate surface area is 127 Å². The van der Waals surface area contributed by atoms with E-state index in [1.54, 1.807) is 0 Å². The lowest BCUT2D eigenvalue weighted by atomic mass is 10.1. The number of hydrogen-bond donors (Lipinski definition) is 2. The minimum Gasteiger partial charge on any atom is -0.378 e. The molecule has 21 heavy (non-hydrogen) atoms. The molecule has 1 saturated heterocycles. The summed E-state index contributed by atoms with van der Waals surface area (Å²) in [5.41, 5.74) is -0.166. The molecular weight excluding hydrogens is 321 g/mol. The van der Waals surface area contributed by atoms with Gasteiger partial charge in [-0.05, 0) is 25.0 Å². The highest BCUT2D eigenvalue weighted by Gasteiger charge is 2.28. The Morgan fingerprint density at radius 2 is 2.00 bits per heavy atom. The first-order chi connectivity index (χ1) is 9.78. The van der Waals surface area contributed by atoms with Gasteiger partial charge in [0.1, 0.15) is 15.7 Å². The van der Waals surface area contributed by atoms with Crippen molar-refractivity contribution >= 4 is 27.3 Å². The summed E-state index contributed by atoms with van der Waals surface area (Å²) in [5, 5.41) is 12.6. The summed E-state index contributed by atoms with van der Waals surface area (Å²) in [6.07, 6.45) is -1.06. The molecule has 1 aliphatic rings. The molecule has 1 aromatic rings. The van der Waals surface area contributed by atoms with Crippen LogP contribution in [0.15, 0.2) is 18.2 Å². The molecule has 2 N–H and O–H groups in total. The normalized spacial score (nSPS) is 20.0. The maximum absolute atomic E-state index is 13.6. The van der Waals surface area contributed by atoms with Crippen molar-refractivity contribution in [3.8, 4) is 0 Å². The lowest BCUT2D eigenvalue weighted by molar-refractivity contribution is -0.130. The fourth-order valence-corrected chi connectivity index (χ4v) is 3.83. The standard InChI is InChI=1S/C13H15ClFNO4S/c14-8-1-2-10(11(15)7-8)12(17)13(18)16-9-3-5-21(19,20)6-4-9/h1-2,7,9,12,17H,3-6H2,(H,16,18). The summed E-state index contributed by atoms with van der Waals surface area (Å²) in [6.45, 7) is 0. The van der Waals surface area contributed by atoms with Gasteiger partial charge in [0.25, 0.3) is 5.91 Å². The third kappa shape index (κ3) is 4.15. The van der Waals surface area contributed by atoms with Crippen molar-refractivity contribution in [2.75, 3.05) is 11.5 Å². The van der Waals surface area contributed by atoms with Crippen molar-refractivity contribution < 1.29 is 22.7 Å². The molecule has 0 aromatic heterocycles. The summed E-state index contributed by atoms with van der Waals surface area (Å²) in [5.74, 6) is -1.51. The predicted molar refractivity (Wildman–Crippen MR) is 76.2 cm³/mol. The first-order valence-electron chi connectivity index (χ1n) is 6.42. The zero-order valence-electron chi connectivity index (χ0n) is 11.1. The quantitative estimate of drug-likeness (QED) is 0.869. The molecule has 1 aliphatic heterocycles. The summed E-state index contributed by atoms with van der Waals surface area (Å²) >= 11 is 5.60. The van der Waals surface area contributed by atoms with Crippen molar-refractivity contribution in [2.24, 2.45) is 0 Å². The number of benzene rings is 1. The highest BCUT2D eigenvalue weighted by Crippen LogP contribution is 2.21. The summed E-state index contributed by atoms with van der Waals surface area (Å²) in [4.78, 5) is 11.9. The SMILES string of the molecule is O=C(NC1CCS(=O)(=O)CC1)C(O)c1ccc(Cl)cc1F. The van der Waals surface area contributed by atoms with Gasteiger partial charge in [-0.1, -0.05) is 17.7 Å². The van der Waals surface area contributed by atoms with Gasteiger partial charge in [0, 0.05) is 16.6 Å². The minimum atomic E-state index is -3.02. The van der Waals surface area contributed by atoms with Gasteiger partial charge >= 0.3 is 0 Å². The van der Waals surface area contributed by atoms with Crippen LogP contribution in [0.5, 0.6) is 0 Å². The summed E-state index contributed by atoms with van der Waals surface area (Å²) in [7, 11) is -3.02. The van der Waals surface area contributed by atoms with E-state index in [0.717, 1.165) is 6.07 Å². The Kier molecular flexibility index (Phi) is 4.85. The van der Waals surface area contributed by atoms with Crippen LogP contribution >= 0.6 is 11.6 Å². The van der Waals surface area contributed by atoms with E-state index in [-0.39, 0.29) is 28.1 Å². The van der Waals surface area contributed by atoms with Crippen molar-refractivity contribution in [2.45, 2.75) is 25.0 Å². The van der Waals surface area contributed by atoms with E-state index in [2.05, 4.69) is 5.32 Å². The van der Waals surface area contributed by atoms with Crippen LogP contribution in [0.25, 0.3) is 0 Å². The molecule has 0 saturated carbocycles. The van der Waals surface area contributed by atoms with E-state index in [1.165, 1.54) is 12.1 Å². The highest BCUT2D eigenvalue weighted by atomic mass is 35.5. The number of aliphatic hydroxyl groups is 1. The Morgan fingerprint density at radius 3 is 2.57 bits per heavy atom. The summed E-state index contributed by atoms with van der Waals surface area (Å²) < 4.78 is 36.2. The van der Waals surface area contributed by atoms with Crippen molar-refractivity contribution in [3.63, 3.8) is 0 Å². The molecule has 116 valence electrons. The highest BCUT2D eigenvalue weighted by molar-refractivity contribution is 7.91. The van der Waals surface area contributed by atoms with E-state index < -0.39 is 27.7 Å². The Hall–Kier alpha value is -1.18. The number of carbonyl (C=O) groups is 1. The molecule has 8 heteroatoms. The van der Waals surface area contributed by atoms with Gasteiger partial charge in [-0.3, -0.25) is 4.79 Å². The van der Waals surface area contributed by atoms with Gasteiger partial charge in [0.05, 0.1) is 11.5 Å².